The number of halogens is 1. The molecule has 0 radical (unpaired) electrons. The van der Waals surface area contributed by atoms with Crippen LogP contribution in [-0.2, 0) is 11.2 Å². The van der Waals surface area contributed by atoms with E-state index in [-0.39, 0.29) is 11.7 Å². The Balaban J connectivity index is 1.57. The molecule has 3 heterocycles. The number of carbonyl (C=O) groups is 1. The van der Waals surface area contributed by atoms with Crippen molar-refractivity contribution in [1.29, 1.82) is 0 Å². The molecule has 1 saturated heterocycles. The number of nitrogens with zero attached hydrogens (tertiary/aromatic N) is 4. The molecule has 0 bridgehead atoms. The fourth-order valence-corrected chi connectivity index (χ4v) is 4.85. The summed E-state index contributed by atoms with van der Waals surface area (Å²) in [4.78, 5) is 24.0. The van der Waals surface area contributed by atoms with Gasteiger partial charge in [-0.25, -0.2) is 14.4 Å². The van der Waals surface area contributed by atoms with Crippen molar-refractivity contribution < 1.29 is 18.8 Å². The number of β-amino-alcohol motifs (C(OH)–C–C–N with tert-alkyl or cyclic N) is 1. The van der Waals surface area contributed by atoms with Gasteiger partial charge in [0.05, 0.1) is 23.2 Å². The first-order valence-corrected chi connectivity index (χ1v) is 12.0. The van der Waals surface area contributed by atoms with Gasteiger partial charge in [0.15, 0.2) is 4.90 Å². The van der Waals surface area contributed by atoms with Gasteiger partial charge >= 0.3 is 0 Å². The van der Waals surface area contributed by atoms with E-state index in [4.69, 9.17) is 0 Å². The lowest BCUT2D eigenvalue weighted by Gasteiger charge is -2.15. The predicted molar refractivity (Wildman–Crippen MR) is 123 cm³/mol. The highest BCUT2D eigenvalue weighted by atomic mass is 32.2. The van der Waals surface area contributed by atoms with Gasteiger partial charge in [0, 0.05) is 42.2 Å². The molecule has 1 N–H and O–H groups in total. The van der Waals surface area contributed by atoms with E-state index < -0.39 is 17.3 Å². The molecule has 7 nitrogen and oxygen atoms in total. The molecule has 1 fully saturated rings. The second kappa shape index (κ2) is 8.58. The summed E-state index contributed by atoms with van der Waals surface area (Å²) < 4.78 is 28.2. The largest absolute Gasteiger partial charge is 0.612 e. The summed E-state index contributed by atoms with van der Waals surface area (Å²) in [7, 11) is 0. The van der Waals surface area contributed by atoms with Crippen molar-refractivity contribution in [2.75, 3.05) is 19.3 Å². The summed E-state index contributed by atoms with van der Waals surface area (Å²) in [6.07, 6.45) is 6.42. The molecule has 0 spiro atoms. The molecule has 33 heavy (non-hydrogen) atoms. The van der Waals surface area contributed by atoms with E-state index >= 15 is 0 Å². The summed E-state index contributed by atoms with van der Waals surface area (Å²) in [6, 6.07) is 11.6. The van der Waals surface area contributed by atoms with E-state index in [0.29, 0.717) is 52.6 Å². The molecule has 9 heteroatoms. The van der Waals surface area contributed by atoms with Crippen molar-refractivity contribution in [3.63, 3.8) is 0 Å². The first kappa shape index (κ1) is 21.6. The molecule has 2 atom stereocenters. The van der Waals surface area contributed by atoms with Crippen LogP contribution in [-0.4, -0.2) is 60.5 Å². The third-order valence-corrected chi connectivity index (χ3v) is 6.76. The van der Waals surface area contributed by atoms with Gasteiger partial charge in [-0.2, -0.15) is 0 Å². The van der Waals surface area contributed by atoms with Crippen LogP contribution in [0.1, 0.15) is 16.8 Å². The fraction of sp³-hybridized carbons (Fsp3) is 0.208. The van der Waals surface area contributed by atoms with Crippen molar-refractivity contribution in [2.24, 2.45) is 0 Å². The average molecular weight is 465 g/mol. The minimum Gasteiger partial charge on any atom is -0.612 e. The topological polar surface area (TPSA) is 94.3 Å². The van der Waals surface area contributed by atoms with Gasteiger partial charge in [-0.1, -0.05) is 18.2 Å². The predicted octanol–water partition coefficient (Wildman–Crippen LogP) is 3.17. The number of aliphatic hydroxyl groups is 1. The Morgan fingerprint density at radius 2 is 1.97 bits per heavy atom. The zero-order valence-corrected chi connectivity index (χ0v) is 18.6. The lowest BCUT2D eigenvalue weighted by Crippen LogP contribution is -2.29. The van der Waals surface area contributed by atoms with Gasteiger partial charge in [-0.3, -0.25) is 9.36 Å². The lowest BCUT2D eigenvalue weighted by molar-refractivity contribution is 0.0765. The number of hydrogen-bond acceptors (Lipinski definition) is 5. The minimum atomic E-state index is -1.27. The standard InChI is InChI=1S/C24H21FN4O3S/c1-33(32)22-14-29(24-26-11-16(12-27-24)18-4-2-3-5-20(18)25)21-10-15(6-7-19(21)22)23(31)28-9-8-17(30)13-28/h2-7,10-12,14,17,30H,8-9,13H2,1H3/t17-,33?/m1/s1. The monoisotopic (exact) mass is 464 g/mol. The SMILES string of the molecule is C[S+]([O-])c1cn(-c2ncc(-c3ccccc3F)cn2)c2cc(C(=O)N3CC[C@@H](O)C3)ccc12. The summed E-state index contributed by atoms with van der Waals surface area (Å²) in [6.45, 7) is 0.812. The van der Waals surface area contributed by atoms with Crippen molar-refractivity contribution >= 4 is 28.0 Å². The maximum Gasteiger partial charge on any atom is 0.254 e. The van der Waals surface area contributed by atoms with E-state index in [1.165, 1.54) is 18.5 Å². The van der Waals surface area contributed by atoms with Crippen LogP contribution in [0.15, 0.2) is 66.0 Å². The van der Waals surface area contributed by atoms with Crippen molar-refractivity contribution in [3.05, 3.63) is 72.4 Å². The molecule has 0 aliphatic carbocycles. The van der Waals surface area contributed by atoms with Crippen LogP contribution in [0.2, 0.25) is 0 Å². The summed E-state index contributed by atoms with van der Waals surface area (Å²) >= 11 is -1.27. The quantitative estimate of drug-likeness (QED) is 0.468. The van der Waals surface area contributed by atoms with Crippen LogP contribution in [0, 0.1) is 5.82 Å². The Morgan fingerprint density at radius 3 is 2.64 bits per heavy atom. The second-order valence-electron chi connectivity index (χ2n) is 7.99. The molecule has 2 aromatic heterocycles. The molecule has 0 saturated carbocycles. The zero-order chi connectivity index (χ0) is 23.1. The Morgan fingerprint density at radius 1 is 1.21 bits per heavy atom. The Bertz CT molecular complexity index is 1340. The first-order valence-electron chi connectivity index (χ1n) is 10.5. The van der Waals surface area contributed by atoms with E-state index in [0.717, 1.165) is 5.39 Å². The molecular weight excluding hydrogens is 443 g/mol. The third kappa shape index (κ3) is 3.99. The van der Waals surface area contributed by atoms with Crippen LogP contribution in [0.25, 0.3) is 28.0 Å². The second-order valence-corrected chi connectivity index (χ2v) is 9.34. The van der Waals surface area contributed by atoms with Crippen LogP contribution >= 0.6 is 0 Å². The van der Waals surface area contributed by atoms with Crippen molar-refractivity contribution in [1.82, 2.24) is 19.4 Å². The number of rotatable bonds is 4. The van der Waals surface area contributed by atoms with Crippen LogP contribution in [0.4, 0.5) is 4.39 Å². The Hall–Kier alpha value is -3.27. The third-order valence-electron chi connectivity index (χ3n) is 5.81. The molecule has 1 amide bonds. The van der Waals surface area contributed by atoms with Gasteiger partial charge in [0.2, 0.25) is 5.95 Å². The highest BCUT2D eigenvalue weighted by Crippen LogP contribution is 2.29. The molecule has 1 aliphatic heterocycles. The molecule has 168 valence electrons. The number of aromatic nitrogens is 3. The smallest absolute Gasteiger partial charge is 0.254 e. The van der Waals surface area contributed by atoms with Gasteiger partial charge in [0.1, 0.15) is 12.1 Å². The maximum atomic E-state index is 14.1. The zero-order valence-electron chi connectivity index (χ0n) is 17.8. The number of fused-ring (bicyclic) bond motifs is 1. The highest BCUT2D eigenvalue weighted by Gasteiger charge is 2.27. The van der Waals surface area contributed by atoms with Gasteiger partial charge in [0.25, 0.3) is 5.91 Å². The van der Waals surface area contributed by atoms with E-state index in [9.17, 15) is 18.8 Å². The molecular formula is C24H21FN4O3S. The fourth-order valence-electron chi connectivity index (χ4n) is 4.11. The van der Waals surface area contributed by atoms with Gasteiger partial charge in [-0.15, -0.1) is 0 Å². The Kier molecular flexibility index (Phi) is 5.61. The molecule has 1 unspecified atom stereocenters. The van der Waals surface area contributed by atoms with Crippen LogP contribution in [0.5, 0.6) is 0 Å². The molecule has 2 aromatic carbocycles. The molecule has 5 rings (SSSR count). The van der Waals surface area contributed by atoms with E-state index in [1.807, 2.05) is 0 Å². The molecule has 4 aromatic rings. The van der Waals surface area contributed by atoms with E-state index in [1.54, 1.807) is 58.3 Å². The number of amides is 1. The van der Waals surface area contributed by atoms with Crippen LogP contribution < -0.4 is 0 Å². The number of likely N-dealkylation sites (tertiary alicyclic amines) is 1. The summed E-state index contributed by atoms with van der Waals surface area (Å²) in [5, 5.41) is 10.5. The number of aliphatic hydroxyl groups excluding tert-OH is 1. The summed E-state index contributed by atoms with van der Waals surface area (Å²) in [5.74, 6) is -0.215. The highest BCUT2D eigenvalue weighted by molar-refractivity contribution is 7.91. The van der Waals surface area contributed by atoms with Crippen molar-refractivity contribution in [3.8, 4) is 17.1 Å². The number of benzene rings is 2. The van der Waals surface area contributed by atoms with Gasteiger partial charge < -0.3 is 14.6 Å². The summed E-state index contributed by atoms with van der Waals surface area (Å²) in [5.41, 5.74) is 2.05. The first-order chi connectivity index (χ1) is 15.9. The lowest BCUT2D eigenvalue weighted by atomic mass is 10.1. The van der Waals surface area contributed by atoms with Gasteiger partial charge in [-0.05, 0) is 41.9 Å². The average Bonchev–Trinajstić information content (AvgIpc) is 3.42. The normalized spacial score (nSPS) is 17.0. The maximum absolute atomic E-state index is 14.1. The number of hydrogen-bond donors (Lipinski definition) is 1. The number of carbonyl (C=O) groups excluding carboxylic acids is 1. The Labute approximate surface area is 192 Å². The van der Waals surface area contributed by atoms with Crippen LogP contribution in [0.3, 0.4) is 0 Å². The van der Waals surface area contributed by atoms with Crippen molar-refractivity contribution in [2.45, 2.75) is 17.4 Å². The molecule has 1 aliphatic rings. The minimum absolute atomic E-state index is 0.170. The van der Waals surface area contributed by atoms with E-state index in [2.05, 4.69) is 9.97 Å².